The van der Waals surface area contributed by atoms with Gasteiger partial charge in [0.2, 0.25) is 0 Å². The van der Waals surface area contributed by atoms with Gasteiger partial charge in [-0.25, -0.2) is 0 Å². The van der Waals surface area contributed by atoms with Crippen molar-refractivity contribution in [1.82, 2.24) is 4.98 Å². The van der Waals surface area contributed by atoms with E-state index in [0.29, 0.717) is 5.69 Å². The molecular formula is C19H23N3O. The van der Waals surface area contributed by atoms with Gasteiger partial charge < -0.3 is 9.80 Å². The van der Waals surface area contributed by atoms with Crippen LogP contribution >= 0.6 is 0 Å². The SMILES string of the molecule is CCN(CC)c1ccnc(C(=O)N2CCCc3ccccc32)c1. The van der Waals surface area contributed by atoms with Crippen LogP contribution in [0.4, 0.5) is 11.4 Å². The first-order chi connectivity index (χ1) is 11.2. The lowest BCUT2D eigenvalue weighted by molar-refractivity contribution is 0.0980. The second-order valence-electron chi connectivity index (χ2n) is 5.76. The zero-order valence-corrected chi connectivity index (χ0v) is 13.8. The molecule has 0 fully saturated rings. The van der Waals surface area contributed by atoms with Gasteiger partial charge in [0.25, 0.3) is 5.91 Å². The zero-order chi connectivity index (χ0) is 16.2. The maximum Gasteiger partial charge on any atom is 0.276 e. The largest absolute Gasteiger partial charge is 0.372 e. The van der Waals surface area contributed by atoms with Gasteiger partial charge in [0, 0.05) is 37.2 Å². The summed E-state index contributed by atoms with van der Waals surface area (Å²) in [5.74, 6) is -0.00819. The molecule has 0 unspecified atom stereocenters. The molecule has 3 rings (SSSR count). The number of aromatic nitrogens is 1. The topological polar surface area (TPSA) is 36.4 Å². The van der Waals surface area contributed by atoms with Gasteiger partial charge in [-0.2, -0.15) is 0 Å². The quantitative estimate of drug-likeness (QED) is 0.867. The average Bonchev–Trinajstić information content (AvgIpc) is 2.62. The summed E-state index contributed by atoms with van der Waals surface area (Å²) >= 11 is 0. The summed E-state index contributed by atoms with van der Waals surface area (Å²) in [5, 5.41) is 0. The van der Waals surface area contributed by atoms with Crippen LogP contribution in [0.1, 0.15) is 36.3 Å². The molecule has 0 atom stereocenters. The molecule has 0 aliphatic carbocycles. The van der Waals surface area contributed by atoms with Crippen LogP contribution < -0.4 is 9.80 Å². The van der Waals surface area contributed by atoms with Crippen molar-refractivity contribution in [3.05, 3.63) is 53.9 Å². The number of aryl methyl sites for hydroxylation is 1. The van der Waals surface area contributed by atoms with Crippen molar-refractivity contribution < 1.29 is 4.79 Å². The van der Waals surface area contributed by atoms with Gasteiger partial charge >= 0.3 is 0 Å². The third-order valence-electron chi connectivity index (χ3n) is 4.45. The fourth-order valence-electron chi connectivity index (χ4n) is 3.20. The number of anilines is 2. The van der Waals surface area contributed by atoms with Crippen LogP contribution in [0.3, 0.4) is 0 Å². The standard InChI is InChI=1S/C19H23N3O/c1-3-21(4-2)16-11-12-20-17(14-16)19(23)22-13-7-9-15-8-5-6-10-18(15)22/h5-6,8,10-12,14H,3-4,7,9,13H2,1-2H3. The van der Waals surface area contributed by atoms with E-state index in [0.717, 1.165) is 43.9 Å². The number of hydrogen-bond acceptors (Lipinski definition) is 3. The first-order valence-corrected chi connectivity index (χ1v) is 8.35. The zero-order valence-electron chi connectivity index (χ0n) is 13.8. The van der Waals surface area contributed by atoms with Gasteiger partial charge in [0.1, 0.15) is 5.69 Å². The molecule has 2 heterocycles. The molecule has 4 nitrogen and oxygen atoms in total. The number of nitrogens with zero attached hydrogens (tertiary/aromatic N) is 3. The monoisotopic (exact) mass is 309 g/mol. The van der Waals surface area contributed by atoms with Crippen molar-refractivity contribution in [3.63, 3.8) is 0 Å². The fraction of sp³-hybridized carbons (Fsp3) is 0.368. The fourth-order valence-corrected chi connectivity index (χ4v) is 3.20. The minimum Gasteiger partial charge on any atom is -0.372 e. The van der Waals surface area contributed by atoms with E-state index in [-0.39, 0.29) is 5.91 Å². The number of pyridine rings is 1. The first-order valence-electron chi connectivity index (χ1n) is 8.35. The van der Waals surface area contributed by atoms with Crippen molar-refractivity contribution >= 4 is 17.3 Å². The number of hydrogen-bond donors (Lipinski definition) is 0. The Hall–Kier alpha value is -2.36. The van der Waals surface area contributed by atoms with E-state index < -0.39 is 0 Å². The van der Waals surface area contributed by atoms with Crippen LogP contribution in [-0.2, 0) is 6.42 Å². The Labute approximate surface area is 137 Å². The second-order valence-corrected chi connectivity index (χ2v) is 5.76. The van der Waals surface area contributed by atoms with Crippen molar-refractivity contribution in [3.8, 4) is 0 Å². The Morgan fingerprint density at radius 1 is 1.22 bits per heavy atom. The smallest absolute Gasteiger partial charge is 0.276 e. The molecule has 0 bridgehead atoms. The molecule has 4 heteroatoms. The second kappa shape index (κ2) is 6.82. The Balaban J connectivity index is 1.91. The third-order valence-corrected chi connectivity index (χ3v) is 4.45. The van der Waals surface area contributed by atoms with Gasteiger partial charge in [0.05, 0.1) is 0 Å². The number of para-hydroxylation sites is 1. The summed E-state index contributed by atoms with van der Waals surface area (Å²) in [6.45, 7) is 6.83. The van der Waals surface area contributed by atoms with Crippen LogP contribution in [0.25, 0.3) is 0 Å². The van der Waals surface area contributed by atoms with Crippen LogP contribution in [0, 0.1) is 0 Å². The molecule has 1 amide bonds. The molecule has 0 radical (unpaired) electrons. The Morgan fingerprint density at radius 3 is 2.78 bits per heavy atom. The Kier molecular flexibility index (Phi) is 4.60. The number of carbonyl (C=O) groups excluding carboxylic acids is 1. The van der Waals surface area contributed by atoms with Crippen molar-refractivity contribution in [2.24, 2.45) is 0 Å². The van der Waals surface area contributed by atoms with Gasteiger partial charge in [-0.3, -0.25) is 9.78 Å². The number of benzene rings is 1. The van der Waals surface area contributed by atoms with Gasteiger partial charge in [-0.15, -0.1) is 0 Å². The molecule has 120 valence electrons. The molecule has 0 saturated carbocycles. The van der Waals surface area contributed by atoms with E-state index in [1.54, 1.807) is 6.20 Å². The first kappa shape index (κ1) is 15.5. The van der Waals surface area contributed by atoms with Crippen molar-refractivity contribution in [2.75, 3.05) is 29.4 Å². The number of carbonyl (C=O) groups is 1. The van der Waals surface area contributed by atoms with Crippen molar-refractivity contribution in [2.45, 2.75) is 26.7 Å². The predicted molar refractivity (Wildman–Crippen MR) is 94.2 cm³/mol. The molecule has 1 aliphatic rings. The summed E-state index contributed by atoms with van der Waals surface area (Å²) in [6, 6.07) is 12.0. The Bertz CT molecular complexity index is 695. The molecular weight excluding hydrogens is 286 g/mol. The van der Waals surface area contributed by atoms with E-state index >= 15 is 0 Å². The summed E-state index contributed by atoms with van der Waals surface area (Å²) in [5.41, 5.74) is 3.84. The van der Waals surface area contributed by atoms with Crippen molar-refractivity contribution in [1.29, 1.82) is 0 Å². The van der Waals surface area contributed by atoms with E-state index in [9.17, 15) is 4.79 Å². The molecule has 2 aromatic rings. The molecule has 1 aromatic heterocycles. The lowest BCUT2D eigenvalue weighted by Crippen LogP contribution is -2.36. The van der Waals surface area contributed by atoms with Crippen LogP contribution in [-0.4, -0.2) is 30.5 Å². The minimum absolute atomic E-state index is 0.00819. The highest BCUT2D eigenvalue weighted by Gasteiger charge is 2.24. The summed E-state index contributed by atoms with van der Waals surface area (Å²) in [7, 11) is 0. The van der Waals surface area contributed by atoms with Gasteiger partial charge in [-0.1, -0.05) is 18.2 Å². The van der Waals surface area contributed by atoms with E-state index in [4.69, 9.17) is 0 Å². The van der Waals surface area contributed by atoms with E-state index in [1.165, 1.54) is 5.56 Å². The average molecular weight is 309 g/mol. The molecule has 0 saturated heterocycles. The normalized spacial score (nSPS) is 13.6. The van der Waals surface area contributed by atoms with E-state index in [2.05, 4.69) is 29.8 Å². The maximum atomic E-state index is 13.0. The van der Waals surface area contributed by atoms with Gasteiger partial charge in [-0.05, 0) is 50.5 Å². The third kappa shape index (κ3) is 3.07. The molecule has 23 heavy (non-hydrogen) atoms. The lowest BCUT2D eigenvalue weighted by atomic mass is 10.0. The molecule has 0 spiro atoms. The van der Waals surface area contributed by atoms with Crippen LogP contribution in [0.5, 0.6) is 0 Å². The van der Waals surface area contributed by atoms with Gasteiger partial charge in [0.15, 0.2) is 0 Å². The summed E-state index contributed by atoms with van der Waals surface area (Å²) < 4.78 is 0. The number of amides is 1. The highest BCUT2D eigenvalue weighted by molar-refractivity contribution is 6.05. The number of rotatable bonds is 4. The Morgan fingerprint density at radius 2 is 2.00 bits per heavy atom. The number of fused-ring (bicyclic) bond motifs is 1. The van der Waals surface area contributed by atoms with Crippen LogP contribution in [0.15, 0.2) is 42.6 Å². The summed E-state index contributed by atoms with van der Waals surface area (Å²) in [4.78, 5) is 21.4. The highest BCUT2D eigenvalue weighted by Crippen LogP contribution is 2.28. The van der Waals surface area contributed by atoms with E-state index in [1.807, 2.05) is 35.2 Å². The molecule has 0 N–H and O–H groups in total. The summed E-state index contributed by atoms with van der Waals surface area (Å²) in [6.07, 6.45) is 3.77. The predicted octanol–water partition coefficient (Wildman–Crippen LogP) is 3.52. The maximum absolute atomic E-state index is 13.0. The minimum atomic E-state index is -0.00819. The highest BCUT2D eigenvalue weighted by atomic mass is 16.2. The molecule has 1 aliphatic heterocycles. The lowest BCUT2D eigenvalue weighted by Gasteiger charge is -2.29. The molecule has 1 aromatic carbocycles. The van der Waals surface area contributed by atoms with Crippen LogP contribution in [0.2, 0.25) is 0 Å².